The lowest BCUT2D eigenvalue weighted by Crippen LogP contribution is -2.43. The van der Waals surface area contributed by atoms with Crippen LogP contribution in [0.25, 0.3) is 0 Å². The number of aliphatic hydroxyl groups excluding tert-OH is 2. The first kappa shape index (κ1) is 16.0. The van der Waals surface area contributed by atoms with Gasteiger partial charge in [0.1, 0.15) is 5.75 Å². The quantitative estimate of drug-likeness (QED) is 0.695. The molecule has 0 spiro atoms. The Hall–Kier alpha value is -1.10. The third-order valence-electron chi connectivity index (χ3n) is 3.45. The maximum atomic E-state index is 9.07. The van der Waals surface area contributed by atoms with Crippen LogP contribution >= 0.6 is 0 Å². The Morgan fingerprint density at radius 3 is 2.37 bits per heavy atom. The lowest BCUT2D eigenvalue weighted by atomic mass is 9.83. The summed E-state index contributed by atoms with van der Waals surface area (Å²) in [5.41, 5.74) is 2.22. The fraction of sp³-hybridized carbons (Fsp3) is 0.600. The van der Waals surface area contributed by atoms with Crippen LogP contribution in [0.1, 0.15) is 25.0 Å². The van der Waals surface area contributed by atoms with E-state index in [2.05, 4.69) is 31.3 Å². The largest absolute Gasteiger partial charge is 0.496 e. The maximum Gasteiger partial charge on any atom is 0.121 e. The van der Waals surface area contributed by atoms with Gasteiger partial charge in [0.05, 0.1) is 26.4 Å². The molecule has 0 amide bonds. The maximum absolute atomic E-state index is 9.07. The summed E-state index contributed by atoms with van der Waals surface area (Å²) in [6.45, 7) is 6.85. The molecule has 3 N–H and O–H groups in total. The van der Waals surface area contributed by atoms with Gasteiger partial charge in [0, 0.05) is 12.0 Å². The highest BCUT2D eigenvalue weighted by molar-refractivity contribution is 5.39. The number of benzene rings is 1. The Morgan fingerprint density at radius 2 is 1.89 bits per heavy atom. The molecule has 0 aromatic heterocycles. The van der Waals surface area contributed by atoms with Crippen LogP contribution in [-0.2, 0) is 5.41 Å². The average molecular weight is 267 g/mol. The zero-order valence-corrected chi connectivity index (χ0v) is 12.2. The van der Waals surface area contributed by atoms with Crippen LogP contribution in [-0.4, -0.2) is 43.1 Å². The van der Waals surface area contributed by atoms with E-state index in [1.165, 1.54) is 5.56 Å². The molecule has 1 aromatic carbocycles. The van der Waals surface area contributed by atoms with Crippen LogP contribution in [0.5, 0.6) is 5.75 Å². The lowest BCUT2D eigenvalue weighted by Gasteiger charge is -2.28. The fourth-order valence-electron chi connectivity index (χ4n) is 1.99. The fourth-order valence-corrected chi connectivity index (χ4v) is 1.99. The van der Waals surface area contributed by atoms with Gasteiger partial charge in [0.25, 0.3) is 0 Å². The van der Waals surface area contributed by atoms with Gasteiger partial charge in [0.15, 0.2) is 0 Å². The van der Waals surface area contributed by atoms with Gasteiger partial charge >= 0.3 is 0 Å². The van der Waals surface area contributed by atoms with Crippen molar-refractivity contribution in [2.45, 2.75) is 32.2 Å². The zero-order valence-electron chi connectivity index (χ0n) is 12.2. The van der Waals surface area contributed by atoms with Crippen molar-refractivity contribution in [3.05, 3.63) is 29.3 Å². The van der Waals surface area contributed by atoms with Gasteiger partial charge in [0.2, 0.25) is 0 Å². The number of rotatable bonds is 7. The van der Waals surface area contributed by atoms with Crippen molar-refractivity contribution in [3.63, 3.8) is 0 Å². The standard InChI is InChI=1S/C15H25NO3/c1-11-7-12(5-6-14(11)19-4)15(2,3)10-16-13(8-17)9-18/h5-7,13,16-18H,8-10H2,1-4H3. The summed E-state index contributed by atoms with van der Waals surface area (Å²) in [7, 11) is 1.67. The second-order valence-electron chi connectivity index (χ2n) is 5.51. The summed E-state index contributed by atoms with van der Waals surface area (Å²) >= 11 is 0. The van der Waals surface area contributed by atoms with Gasteiger partial charge in [-0.2, -0.15) is 0 Å². The highest BCUT2D eigenvalue weighted by atomic mass is 16.5. The molecule has 0 radical (unpaired) electrons. The minimum atomic E-state index is -0.265. The molecule has 1 rings (SSSR count). The molecular formula is C15H25NO3. The number of aliphatic hydroxyl groups is 2. The Bertz CT molecular complexity index is 400. The molecule has 108 valence electrons. The Kier molecular flexibility index (Phi) is 5.79. The van der Waals surface area contributed by atoms with Gasteiger partial charge in [-0.1, -0.05) is 26.0 Å². The van der Waals surface area contributed by atoms with E-state index >= 15 is 0 Å². The van der Waals surface area contributed by atoms with Crippen LogP contribution < -0.4 is 10.1 Å². The summed E-state index contributed by atoms with van der Waals surface area (Å²) in [5.74, 6) is 0.885. The third kappa shape index (κ3) is 4.20. The van der Waals surface area contributed by atoms with Crippen molar-refractivity contribution < 1.29 is 14.9 Å². The van der Waals surface area contributed by atoms with E-state index in [1.54, 1.807) is 7.11 Å². The van der Waals surface area contributed by atoms with E-state index in [4.69, 9.17) is 14.9 Å². The van der Waals surface area contributed by atoms with Gasteiger partial charge in [-0.25, -0.2) is 0 Å². The molecular weight excluding hydrogens is 242 g/mol. The smallest absolute Gasteiger partial charge is 0.121 e. The van der Waals surface area contributed by atoms with Crippen LogP contribution in [0.3, 0.4) is 0 Å². The molecule has 0 heterocycles. The Morgan fingerprint density at radius 1 is 1.26 bits per heavy atom. The van der Waals surface area contributed by atoms with E-state index in [0.29, 0.717) is 6.54 Å². The van der Waals surface area contributed by atoms with Crippen molar-refractivity contribution in [2.75, 3.05) is 26.9 Å². The SMILES string of the molecule is COc1ccc(C(C)(C)CNC(CO)CO)cc1C. The molecule has 0 saturated heterocycles. The first-order valence-electron chi connectivity index (χ1n) is 6.55. The molecule has 1 aromatic rings. The van der Waals surface area contributed by atoms with Crippen molar-refractivity contribution in [3.8, 4) is 5.75 Å². The predicted molar refractivity (Wildman–Crippen MR) is 76.7 cm³/mol. The lowest BCUT2D eigenvalue weighted by molar-refractivity contribution is 0.166. The molecule has 4 nitrogen and oxygen atoms in total. The highest BCUT2D eigenvalue weighted by Gasteiger charge is 2.22. The molecule has 0 aliphatic heterocycles. The van der Waals surface area contributed by atoms with Crippen LogP contribution in [0.15, 0.2) is 18.2 Å². The molecule has 0 aliphatic rings. The molecule has 0 atom stereocenters. The van der Waals surface area contributed by atoms with Crippen molar-refractivity contribution in [1.29, 1.82) is 0 Å². The van der Waals surface area contributed by atoms with Crippen LogP contribution in [0.4, 0.5) is 0 Å². The van der Waals surface area contributed by atoms with Crippen molar-refractivity contribution in [1.82, 2.24) is 5.32 Å². The molecule has 0 unspecified atom stereocenters. The topological polar surface area (TPSA) is 61.7 Å². The Labute approximate surface area is 115 Å². The number of hydrogen-bond donors (Lipinski definition) is 3. The number of methoxy groups -OCH3 is 1. The number of nitrogens with one attached hydrogen (secondary N) is 1. The predicted octanol–water partition coefficient (Wildman–Crippen LogP) is 1.22. The van der Waals surface area contributed by atoms with Gasteiger partial charge in [-0.3, -0.25) is 0 Å². The molecule has 19 heavy (non-hydrogen) atoms. The minimum absolute atomic E-state index is 0.0613. The summed E-state index contributed by atoms with van der Waals surface area (Å²) in [5, 5.41) is 21.3. The first-order chi connectivity index (χ1) is 8.94. The van der Waals surface area contributed by atoms with Crippen molar-refractivity contribution in [2.24, 2.45) is 0 Å². The van der Waals surface area contributed by atoms with Crippen LogP contribution in [0.2, 0.25) is 0 Å². The number of hydrogen-bond acceptors (Lipinski definition) is 4. The second kappa shape index (κ2) is 6.89. The van der Waals surface area contributed by atoms with Gasteiger partial charge in [-0.15, -0.1) is 0 Å². The normalized spacial score (nSPS) is 11.9. The molecule has 0 bridgehead atoms. The second-order valence-corrected chi connectivity index (χ2v) is 5.51. The summed E-state index contributed by atoms with van der Waals surface area (Å²) in [6.07, 6.45) is 0. The monoisotopic (exact) mass is 267 g/mol. The van der Waals surface area contributed by atoms with Crippen LogP contribution in [0, 0.1) is 6.92 Å². The molecule has 4 heteroatoms. The molecule has 0 aliphatic carbocycles. The first-order valence-corrected chi connectivity index (χ1v) is 6.55. The molecule has 0 fully saturated rings. The zero-order chi connectivity index (χ0) is 14.5. The van der Waals surface area contributed by atoms with E-state index in [0.717, 1.165) is 11.3 Å². The van der Waals surface area contributed by atoms with E-state index < -0.39 is 0 Å². The summed E-state index contributed by atoms with van der Waals surface area (Å²) < 4.78 is 5.26. The molecule has 0 saturated carbocycles. The third-order valence-corrected chi connectivity index (χ3v) is 3.45. The van der Waals surface area contributed by atoms with E-state index in [-0.39, 0.29) is 24.7 Å². The van der Waals surface area contributed by atoms with Gasteiger partial charge in [-0.05, 0) is 24.1 Å². The van der Waals surface area contributed by atoms with Gasteiger partial charge < -0.3 is 20.3 Å². The summed E-state index contributed by atoms with van der Waals surface area (Å²) in [6, 6.07) is 5.88. The van der Waals surface area contributed by atoms with Crippen molar-refractivity contribution >= 4 is 0 Å². The average Bonchev–Trinajstić information content (AvgIpc) is 2.39. The Balaban J connectivity index is 2.79. The highest BCUT2D eigenvalue weighted by Crippen LogP contribution is 2.27. The number of aryl methyl sites for hydroxylation is 1. The van der Waals surface area contributed by atoms with E-state index in [9.17, 15) is 0 Å². The number of ether oxygens (including phenoxy) is 1. The summed E-state index contributed by atoms with van der Waals surface area (Å²) in [4.78, 5) is 0. The van der Waals surface area contributed by atoms with E-state index in [1.807, 2.05) is 13.0 Å². The minimum Gasteiger partial charge on any atom is -0.496 e.